The van der Waals surface area contributed by atoms with Crippen LogP contribution in [-0.2, 0) is 20.8 Å². The van der Waals surface area contributed by atoms with Gasteiger partial charge >= 0.3 is 5.97 Å². The smallest absolute Gasteiger partial charge is 0.307 e. The Morgan fingerprint density at radius 2 is 2.25 bits per heavy atom. The highest BCUT2D eigenvalue weighted by molar-refractivity contribution is 6.31. The molecule has 1 fully saturated rings. The quantitative estimate of drug-likeness (QED) is 0.676. The van der Waals surface area contributed by atoms with E-state index >= 15 is 0 Å². The van der Waals surface area contributed by atoms with Crippen LogP contribution >= 0.6 is 11.6 Å². The fraction of sp³-hybridized carbons (Fsp3) is 0.444. The first-order chi connectivity index (χ1) is 13.5. The first-order valence-electron chi connectivity index (χ1n) is 8.86. The molecule has 0 N–H and O–H groups in total. The summed E-state index contributed by atoms with van der Waals surface area (Å²) in [5.41, 5.74) is 0.799. The van der Waals surface area contributed by atoms with Gasteiger partial charge in [-0.2, -0.15) is 0 Å². The summed E-state index contributed by atoms with van der Waals surface area (Å²) in [5, 5.41) is 8.15. The Hall–Kier alpha value is -2.52. The Bertz CT molecular complexity index is 860. The van der Waals surface area contributed by atoms with Crippen molar-refractivity contribution in [1.29, 1.82) is 0 Å². The number of aromatic nitrogens is 3. The van der Waals surface area contributed by atoms with Crippen LogP contribution in [0.4, 0.5) is 4.39 Å². The third-order valence-corrected chi connectivity index (χ3v) is 4.65. The van der Waals surface area contributed by atoms with E-state index in [0.717, 1.165) is 0 Å². The van der Waals surface area contributed by atoms with Gasteiger partial charge in [0.05, 0.1) is 45.0 Å². The van der Waals surface area contributed by atoms with Gasteiger partial charge in [0.25, 0.3) is 5.91 Å². The number of ether oxygens (including phenoxy) is 2. The average Bonchev–Trinajstić information content (AvgIpc) is 3.13. The number of esters is 1. The summed E-state index contributed by atoms with van der Waals surface area (Å²) in [6, 6.07) is 3.65. The molecule has 10 heteroatoms. The van der Waals surface area contributed by atoms with E-state index in [1.54, 1.807) is 17.9 Å². The normalized spacial score (nSPS) is 16.8. The van der Waals surface area contributed by atoms with Gasteiger partial charge < -0.3 is 14.4 Å². The minimum absolute atomic E-state index is 0.0545. The van der Waals surface area contributed by atoms with Gasteiger partial charge in [-0.3, -0.25) is 9.59 Å². The van der Waals surface area contributed by atoms with Crippen LogP contribution in [0.3, 0.4) is 0 Å². The third kappa shape index (κ3) is 4.85. The number of halogens is 2. The van der Waals surface area contributed by atoms with Crippen molar-refractivity contribution in [3.05, 3.63) is 46.5 Å². The minimum atomic E-state index is -0.428. The zero-order chi connectivity index (χ0) is 20.1. The molecule has 0 aliphatic carbocycles. The van der Waals surface area contributed by atoms with Crippen molar-refractivity contribution in [3.8, 4) is 0 Å². The number of nitrogens with zero attached hydrogens (tertiary/aromatic N) is 4. The van der Waals surface area contributed by atoms with Crippen LogP contribution in [0.15, 0.2) is 24.4 Å². The van der Waals surface area contributed by atoms with Crippen LogP contribution in [0.5, 0.6) is 0 Å². The molecule has 1 saturated heterocycles. The number of carbonyl (C=O) groups excluding carboxylic acids is 2. The Morgan fingerprint density at radius 1 is 1.43 bits per heavy atom. The highest BCUT2D eigenvalue weighted by Gasteiger charge is 2.31. The molecule has 2 aromatic rings. The van der Waals surface area contributed by atoms with Crippen LogP contribution in [-0.4, -0.2) is 64.2 Å². The fourth-order valence-corrected chi connectivity index (χ4v) is 3.18. The molecule has 2 heterocycles. The van der Waals surface area contributed by atoms with Crippen molar-refractivity contribution < 1.29 is 23.5 Å². The molecule has 3 rings (SSSR count). The van der Waals surface area contributed by atoms with Gasteiger partial charge in [0, 0.05) is 11.6 Å². The molecule has 1 aliphatic rings. The molecule has 1 aliphatic heterocycles. The van der Waals surface area contributed by atoms with Crippen LogP contribution in [0, 0.1) is 5.82 Å². The summed E-state index contributed by atoms with van der Waals surface area (Å²) in [7, 11) is 0. The maximum atomic E-state index is 13.2. The lowest BCUT2D eigenvalue weighted by Crippen LogP contribution is -2.49. The fourth-order valence-electron chi connectivity index (χ4n) is 2.95. The van der Waals surface area contributed by atoms with Crippen molar-refractivity contribution in [1.82, 2.24) is 19.9 Å². The number of benzene rings is 1. The average molecular weight is 411 g/mol. The highest BCUT2D eigenvalue weighted by Crippen LogP contribution is 2.19. The molecular weight excluding hydrogens is 391 g/mol. The zero-order valence-corrected chi connectivity index (χ0v) is 16.1. The number of carbonyl (C=O) groups is 2. The first-order valence-corrected chi connectivity index (χ1v) is 9.24. The molecule has 1 aromatic heterocycles. The number of morpholine rings is 1. The minimum Gasteiger partial charge on any atom is -0.466 e. The van der Waals surface area contributed by atoms with E-state index in [4.69, 9.17) is 21.1 Å². The summed E-state index contributed by atoms with van der Waals surface area (Å²) in [6.45, 7) is 3.23. The second-order valence-electron chi connectivity index (χ2n) is 6.27. The molecule has 1 aromatic carbocycles. The van der Waals surface area contributed by atoms with E-state index in [2.05, 4.69) is 10.3 Å². The van der Waals surface area contributed by atoms with Crippen LogP contribution in [0.1, 0.15) is 29.4 Å². The van der Waals surface area contributed by atoms with Gasteiger partial charge in [0.1, 0.15) is 5.82 Å². The van der Waals surface area contributed by atoms with Gasteiger partial charge in [-0.1, -0.05) is 22.9 Å². The monoisotopic (exact) mass is 410 g/mol. The zero-order valence-electron chi connectivity index (χ0n) is 15.3. The second kappa shape index (κ2) is 9.11. The van der Waals surface area contributed by atoms with Crippen LogP contribution in [0.2, 0.25) is 5.02 Å². The van der Waals surface area contributed by atoms with E-state index in [1.165, 1.54) is 23.0 Å². The molecule has 1 atom stereocenters. The molecule has 1 amide bonds. The van der Waals surface area contributed by atoms with E-state index in [0.29, 0.717) is 18.7 Å². The maximum absolute atomic E-state index is 13.2. The summed E-state index contributed by atoms with van der Waals surface area (Å²) in [4.78, 5) is 26.2. The Morgan fingerprint density at radius 3 is 3.00 bits per heavy atom. The van der Waals surface area contributed by atoms with Crippen LogP contribution in [0.25, 0.3) is 0 Å². The molecule has 0 saturated carbocycles. The third-order valence-electron chi connectivity index (χ3n) is 4.30. The standard InChI is InChI=1S/C18H20ClFN4O4/c1-2-28-17(25)8-14-11-27-6-5-24(14)18(26)16-10-23(22-21-16)9-12-3-4-13(20)7-15(12)19/h3-4,7,10,14H,2,5-6,8-9,11H2,1H3/t14-/m1/s1. The lowest BCUT2D eigenvalue weighted by atomic mass is 10.1. The van der Waals surface area contributed by atoms with Gasteiger partial charge in [0.2, 0.25) is 0 Å². The highest BCUT2D eigenvalue weighted by atomic mass is 35.5. The van der Waals surface area contributed by atoms with Gasteiger partial charge in [-0.25, -0.2) is 9.07 Å². The molecular formula is C18H20ClFN4O4. The largest absolute Gasteiger partial charge is 0.466 e. The Balaban J connectivity index is 1.70. The van der Waals surface area contributed by atoms with Gasteiger partial charge in [-0.15, -0.1) is 5.10 Å². The van der Waals surface area contributed by atoms with E-state index in [-0.39, 0.29) is 48.8 Å². The SMILES string of the molecule is CCOC(=O)C[C@@H]1COCCN1C(=O)c1cn(Cc2ccc(F)cc2Cl)nn1. The molecule has 0 spiro atoms. The van der Waals surface area contributed by atoms with Crippen molar-refractivity contribution in [2.75, 3.05) is 26.4 Å². The van der Waals surface area contributed by atoms with Crippen molar-refractivity contribution in [2.45, 2.75) is 25.9 Å². The Kier molecular flexibility index (Phi) is 6.58. The van der Waals surface area contributed by atoms with Crippen molar-refractivity contribution >= 4 is 23.5 Å². The number of hydrogen-bond acceptors (Lipinski definition) is 6. The molecule has 0 unspecified atom stereocenters. The number of rotatable bonds is 6. The first kappa shape index (κ1) is 20.2. The predicted octanol–water partition coefficient (Wildman–Crippen LogP) is 1.91. The summed E-state index contributed by atoms with van der Waals surface area (Å²) in [6.07, 6.45) is 1.55. The van der Waals surface area contributed by atoms with Crippen molar-refractivity contribution in [3.63, 3.8) is 0 Å². The van der Waals surface area contributed by atoms with Gasteiger partial charge in [-0.05, 0) is 24.6 Å². The second-order valence-corrected chi connectivity index (χ2v) is 6.68. The molecule has 28 heavy (non-hydrogen) atoms. The predicted molar refractivity (Wildman–Crippen MR) is 97.4 cm³/mol. The molecule has 150 valence electrons. The number of hydrogen-bond donors (Lipinski definition) is 0. The molecule has 0 radical (unpaired) electrons. The van der Waals surface area contributed by atoms with Crippen LogP contribution < -0.4 is 0 Å². The summed E-state index contributed by atoms with van der Waals surface area (Å²) >= 11 is 6.03. The summed E-state index contributed by atoms with van der Waals surface area (Å²) in [5.74, 6) is -1.15. The van der Waals surface area contributed by atoms with E-state index in [1.807, 2.05) is 0 Å². The topological polar surface area (TPSA) is 86.5 Å². The maximum Gasteiger partial charge on any atom is 0.307 e. The lowest BCUT2D eigenvalue weighted by Gasteiger charge is -2.34. The lowest BCUT2D eigenvalue weighted by molar-refractivity contribution is -0.145. The molecule has 0 bridgehead atoms. The molecule has 8 nitrogen and oxygen atoms in total. The Labute approximate surface area is 166 Å². The van der Waals surface area contributed by atoms with E-state index < -0.39 is 11.9 Å². The summed E-state index contributed by atoms with van der Waals surface area (Å²) < 4.78 is 25.0. The van der Waals surface area contributed by atoms with E-state index in [9.17, 15) is 14.0 Å². The van der Waals surface area contributed by atoms with Crippen molar-refractivity contribution in [2.24, 2.45) is 0 Å². The van der Waals surface area contributed by atoms with Gasteiger partial charge in [0.15, 0.2) is 5.69 Å². The number of amides is 1.